The van der Waals surface area contributed by atoms with E-state index < -0.39 is 16.7 Å². The molecule has 0 atom stereocenters. The first-order valence-corrected chi connectivity index (χ1v) is 6.36. The third-order valence-corrected chi connectivity index (χ3v) is 3.15. The summed E-state index contributed by atoms with van der Waals surface area (Å²) < 4.78 is 42.7. The molecule has 2 aromatic carbocycles. The molecule has 0 aliphatic carbocycles. The number of hydrogen-bond donors (Lipinski definition) is 0. The zero-order valence-corrected chi connectivity index (χ0v) is 11.9. The van der Waals surface area contributed by atoms with Crippen LogP contribution in [0.25, 0.3) is 0 Å². The van der Waals surface area contributed by atoms with Crippen LogP contribution in [0.15, 0.2) is 36.4 Å². The lowest BCUT2D eigenvalue weighted by molar-refractivity contribution is -0.385. The minimum Gasteiger partial charge on any atom is -0.456 e. The Labute approximate surface area is 128 Å². The first-order valence-electron chi connectivity index (χ1n) is 5.98. The predicted octanol–water partition coefficient (Wildman–Crippen LogP) is 5.37. The highest BCUT2D eigenvalue weighted by molar-refractivity contribution is 6.32. The van der Waals surface area contributed by atoms with Gasteiger partial charge in [0, 0.05) is 11.6 Å². The molecule has 0 amide bonds. The summed E-state index contributed by atoms with van der Waals surface area (Å²) in [5, 5.41) is 10.8. The molecule has 0 radical (unpaired) electrons. The molecule has 22 heavy (non-hydrogen) atoms. The summed E-state index contributed by atoms with van der Waals surface area (Å²) in [4.78, 5) is 10.2. The van der Waals surface area contributed by atoms with E-state index in [1.165, 1.54) is 13.0 Å². The number of nitro groups is 1. The van der Waals surface area contributed by atoms with Gasteiger partial charge in [-0.05, 0) is 37.3 Å². The van der Waals surface area contributed by atoms with Gasteiger partial charge in [-0.1, -0.05) is 11.6 Å². The number of rotatable bonds is 3. The van der Waals surface area contributed by atoms with Gasteiger partial charge in [-0.3, -0.25) is 10.1 Å². The molecule has 0 fully saturated rings. The van der Waals surface area contributed by atoms with Crippen molar-refractivity contribution in [2.75, 3.05) is 0 Å². The summed E-state index contributed by atoms with van der Waals surface area (Å²) in [5.74, 6) is 0.271. The van der Waals surface area contributed by atoms with E-state index in [1.807, 2.05) is 0 Å². The lowest BCUT2D eigenvalue weighted by Gasteiger charge is -2.10. The second-order valence-corrected chi connectivity index (χ2v) is 4.86. The zero-order chi connectivity index (χ0) is 16.5. The smallest absolute Gasteiger partial charge is 0.416 e. The van der Waals surface area contributed by atoms with E-state index in [-0.39, 0.29) is 22.2 Å². The normalized spacial score (nSPS) is 11.3. The van der Waals surface area contributed by atoms with Crippen LogP contribution in [0.3, 0.4) is 0 Å². The summed E-state index contributed by atoms with van der Waals surface area (Å²) >= 11 is 5.89. The van der Waals surface area contributed by atoms with E-state index in [4.69, 9.17) is 16.3 Å². The van der Waals surface area contributed by atoms with Crippen molar-refractivity contribution in [3.63, 3.8) is 0 Å². The average Bonchev–Trinajstić information content (AvgIpc) is 2.41. The second kappa shape index (κ2) is 5.84. The molecule has 0 saturated heterocycles. The number of alkyl halides is 3. The molecule has 0 unspecified atom stereocenters. The van der Waals surface area contributed by atoms with Gasteiger partial charge in [0.1, 0.15) is 11.5 Å². The Kier molecular flexibility index (Phi) is 4.27. The van der Waals surface area contributed by atoms with E-state index >= 15 is 0 Å². The molecule has 2 rings (SSSR count). The minimum atomic E-state index is -4.43. The van der Waals surface area contributed by atoms with E-state index in [9.17, 15) is 23.3 Å². The fourth-order valence-electron chi connectivity index (χ4n) is 1.76. The molecule has 0 aromatic heterocycles. The Balaban J connectivity index is 2.28. The summed E-state index contributed by atoms with van der Waals surface area (Å²) in [7, 11) is 0. The summed E-state index contributed by atoms with van der Waals surface area (Å²) in [5.41, 5.74) is -0.632. The Hall–Kier alpha value is -2.28. The highest BCUT2D eigenvalue weighted by Gasteiger charge is 2.30. The maximum absolute atomic E-state index is 12.5. The van der Waals surface area contributed by atoms with Crippen LogP contribution >= 0.6 is 11.6 Å². The highest BCUT2D eigenvalue weighted by atomic mass is 35.5. The molecule has 0 spiro atoms. The van der Waals surface area contributed by atoms with Gasteiger partial charge >= 0.3 is 6.18 Å². The fourth-order valence-corrected chi connectivity index (χ4v) is 1.95. The quantitative estimate of drug-likeness (QED) is 0.561. The van der Waals surface area contributed by atoms with Crippen molar-refractivity contribution in [1.29, 1.82) is 0 Å². The standard InChI is InChI=1S/C14H9ClF3NO3/c1-8-6-13(11(15)7-12(8)19(20)21)22-10-4-2-9(3-5-10)14(16,17)18/h2-7H,1H3. The van der Waals surface area contributed by atoms with Crippen molar-refractivity contribution in [2.24, 2.45) is 0 Å². The van der Waals surface area contributed by atoms with Crippen LogP contribution in [-0.2, 0) is 6.18 Å². The third kappa shape index (κ3) is 3.48. The molecule has 116 valence electrons. The Morgan fingerprint density at radius 3 is 2.27 bits per heavy atom. The van der Waals surface area contributed by atoms with Crippen LogP contribution < -0.4 is 4.74 Å². The molecule has 2 aromatic rings. The van der Waals surface area contributed by atoms with E-state index in [0.717, 1.165) is 30.3 Å². The maximum Gasteiger partial charge on any atom is 0.416 e. The lowest BCUT2D eigenvalue weighted by Crippen LogP contribution is -2.04. The summed E-state index contributed by atoms with van der Waals surface area (Å²) in [6, 6.07) is 6.54. The SMILES string of the molecule is Cc1cc(Oc2ccc(C(F)(F)F)cc2)c(Cl)cc1[N+](=O)[O-]. The average molecular weight is 332 g/mol. The van der Waals surface area contributed by atoms with Crippen LogP contribution in [-0.4, -0.2) is 4.92 Å². The molecule has 0 bridgehead atoms. The van der Waals surface area contributed by atoms with E-state index in [1.54, 1.807) is 0 Å². The minimum absolute atomic E-state index is 0.00259. The van der Waals surface area contributed by atoms with Crippen molar-refractivity contribution < 1.29 is 22.8 Å². The van der Waals surface area contributed by atoms with Gasteiger partial charge in [0.15, 0.2) is 0 Å². The number of aryl methyl sites for hydroxylation is 1. The number of nitrogens with zero attached hydrogens (tertiary/aromatic N) is 1. The molecular weight excluding hydrogens is 323 g/mol. The lowest BCUT2D eigenvalue weighted by atomic mass is 10.2. The van der Waals surface area contributed by atoms with E-state index in [2.05, 4.69) is 0 Å². The van der Waals surface area contributed by atoms with Gasteiger partial charge in [0.25, 0.3) is 5.69 Å². The molecule has 0 N–H and O–H groups in total. The molecule has 0 aliphatic rings. The first-order chi connectivity index (χ1) is 10.2. The number of ether oxygens (including phenoxy) is 1. The summed E-state index contributed by atoms with van der Waals surface area (Å²) in [6.07, 6.45) is -4.43. The Morgan fingerprint density at radius 2 is 1.77 bits per heavy atom. The maximum atomic E-state index is 12.5. The van der Waals surface area contributed by atoms with Gasteiger partial charge in [0.05, 0.1) is 15.5 Å². The number of hydrogen-bond acceptors (Lipinski definition) is 3. The largest absolute Gasteiger partial charge is 0.456 e. The number of benzene rings is 2. The Bertz CT molecular complexity index is 715. The molecular formula is C14H9ClF3NO3. The molecule has 0 aliphatic heterocycles. The van der Waals surface area contributed by atoms with Gasteiger partial charge < -0.3 is 4.74 Å². The number of nitro benzene ring substituents is 1. The van der Waals surface area contributed by atoms with Crippen LogP contribution in [0.1, 0.15) is 11.1 Å². The van der Waals surface area contributed by atoms with Gasteiger partial charge in [0.2, 0.25) is 0 Å². The van der Waals surface area contributed by atoms with Gasteiger partial charge in [-0.15, -0.1) is 0 Å². The number of halogens is 4. The second-order valence-electron chi connectivity index (χ2n) is 4.45. The molecule has 0 heterocycles. The first kappa shape index (κ1) is 16.1. The molecule has 8 heteroatoms. The van der Waals surface area contributed by atoms with Crippen molar-refractivity contribution >= 4 is 17.3 Å². The van der Waals surface area contributed by atoms with Crippen LogP contribution in [0.5, 0.6) is 11.5 Å². The topological polar surface area (TPSA) is 52.4 Å². The third-order valence-electron chi connectivity index (χ3n) is 2.86. The Morgan fingerprint density at radius 1 is 1.18 bits per heavy atom. The van der Waals surface area contributed by atoms with Crippen LogP contribution in [0.2, 0.25) is 5.02 Å². The molecule has 4 nitrogen and oxygen atoms in total. The van der Waals surface area contributed by atoms with Crippen molar-refractivity contribution in [3.05, 3.63) is 62.7 Å². The van der Waals surface area contributed by atoms with Crippen LogP contribution in [0.4, 0.5) is 18.9 Å². The van der Waals surface area contributed by atoms with Gasteiger partial charge in [-0.2, -0.15) is 13.2 Å². The monoisotopic (exact) mass is 331 g/mol. The highest BCUT2D eigenvalue weighted by Crippen LogP contribution is 2.36. The predicted molar refractivity (Wildman–Crippen MR) is 74.4 cm³/mol. The molecule has 0 saturated carbocycles. The fraction of sp³-hybridized carbons (Fsp3) is 0.143. The van der Waals surface area contributed by atoms with E-state index in [0.29, 0.717) is 5.56 Å². The van der Waals surface area contributed by atoms with Crippen molar-refractivity contribution in [2.45, 2.75) is 13.1 Å². The summed E-state index contributed by atoms with van der Waals surface area (Å²) in [6.45, 7) is 1.51. The zero-order valence-electron chi connectivity index (χ0n) is 11.1. The van der Waals surface area contributed by atoms with Crippen LogP contribution in [0, 0.1) is 17.0 Å². The van der Waals surface area contributed by atoms with Crippen molar-refractivity contribution in [1.82, 2.24) is 0 Å². The van der Waals surface area contributed by atoms with Crippen molar-refractivity contribution in [3.8, 4) is 11.5 Å². The van der Waals surface area contributed by atoms with Gasteiger partial charge in [-0.25, -0.2) is 0 Å².